The van der Waals surface area contributed by atoms with Crippen LogP contribution < -0.4 is 10.7 Å². The molecule has 0 radical (unpaired) electrons. The number of aromatic amines is 1. The number of non-ortho nitro benzene ring substituents is 1. The lowest BCUT2D eigenvalue weighted by Gasteiger charge is -2.13. The van der Waals surface area contributed by atoms with E-state index in [1.165, 1.54) is 13.0 Å². The summed E-state index contributed by atoms with van der Waals surface area (Å²) in [6.07, 6.45) is 0. The Hall–Kier alpha value is -2.42. The van der Waals surface area contributed by atoms with E-state index in [-0.39, 0.29) is 33.0 Å². The van der Waals surface area contributed by atoms with E-state index in [2.05, 4.69) is 26.2 Å². The fraction of sp³-hybridized carbons (Fsp3) is 0.0588. The molecule has 3 rings (SSSR count). The van der Waals surface area contributed by atoms with E-state index < -0.39 is 16.1 Å². The summed E-state index contributed by atoms with van der Waals surface area (Å²) in [7, 11) is 0. The number of hydrogen-bond donors (Lipinski definition) is 2. The van der Waals surface area contributed by atoms with Gasteiger partial charge < -0.3 is 10.3 Å². The molecule has 1 heterocycles. The number of nitrogens with one attached hydrogen (secondary N) is 2. The van der Waals surface area contributed by atoms with Crippen molar-refractivity contribution in [1.29, 1.82) is 0 Å². The van der Waals surface area contributed by atoms with Gasteiger partial charge in [0.15, 0.2) is 5.78 Å². The van der Waals surface area contributed by atoms with Gasteiger partial charge in [-0.05, 0) is 31.2 Å². The summed E-state index contributed by atoms with van der Waals surface area (Å²) >= 11 is 15.4. The van der Waals surface area contributed by atoms with Crippen LogP contribution in [0.2, 0.25) is 10.0 Å². The molecule has 0 saturated heterocycles. The lowest BCUT2D eigenvalue weighted by molar-refractivity contribution is -0.383. The van der Waals surface area contributed by atoms with Gasteiger partial charge in [-0.2, -0.15) is 0 Å². The van der Waals surface area contributed by atoms with Crippen LogP contribution in [0.1, 0.15) is 17.3 Å². The van der Waals surface area contributed by atoms with Gasteiger partial charge in [0.2, 0.25) is 5.43 Å². The molecule has 0 atom stereocenters. The average Bonchev–Trinajstić information content (AvgIpc) is 2.57. The fourth-order valence-corrected chi connectivity index (χ4v) is 3.57. The molecule has 10 heteroatoms. The van der Waals surface area contributed by atoms with Crippen molar-refractivity contribution in [3.8, 4) is 0 Å². The molecule has 0 unspecified atom stereocenters. The van der Waals surface area contributed by atoms with Gasteiger partial charge in [0.1, 0.15) is 16.9 Å². The number of benzene rings is 2. The van der Waals surface area contributed by atoms with Crippen molar-refractivity contribution in [2.75, 3.05) is 5.32 Å². The Balaban J connectivity index is 2.34. The topological polar surface area (TPSA) is 105 Å². The summed E-state index contributed by atoms with van der Waals surface area (Å²) in [5.41, 5.74) is -0.866. The smallest absolute Gasteiger partial charge is 0.294 e. The first-order chi connectivity index (χ1) is 12.7. The number of aromatic nitrogens is 1. The second-order valence-electron chi connectivity index (χ2n) is 5.61. The average molecular weight is 471 g/mol. The molecule has 0 amide bonds. The monoisotopic (exact) mass is 469 g/mol. The molecule has 0 aliphatic heterocycles. The highest BCUT2D eigenvalue weighted by Gasteiger charge is 2.22. The molecule has 0 spiro atoms. The first-order valence-corrected chi connectivity index (χ1v) is 9.01. The maximum Gasteiger partial charge on any atom is 0.294 e. The first kappa shape index (κ1) is 19.3. The highest BCUT2D eigenvalue weighted by atomic mass is 79.9. The van der Waals surface area contributed by atoms with Crippen molar-refractivity contribution < 1.29 is 9.72 Å². The molecule has 0 fully saturated rings. The lowest BCUT2D eigenvalue weighted by Crippen LogP contribution is -2.18. The van der Waals surface area contributed by atoms with Crippen LogP contribution >= 0.6 is 39.1 Å². The van der Waals surface area contributed by atoms with E-state index in [0.717, 1.165) is 10.5 Å². The fourth-order valence-electron chi connectivity index (χ4n) is 2.64. The van der Waals surface area contributed by atoms with E-state index in [1.807, 2.05) is 0 Å². The van der Waals surface area contributed by atoms with Crippen LogP contribution in [-0.2, 0) is 0 Å². The van der Waals surface area contributed by atoms with Gasteiger partial charge in [0.25, 0.3) is 5.69 Å². The molecule has 3 aromatic rings. The Kier molecular flexibility index (Phi) is 5.23. The molecule has 138 valence electrons. The number of nitro groups is 1. The Morgan fingerprint density at radius 2 is 1.96 bits per heavy atom. The molecule has 1 aromatic heterocycles. The van der Waals surface area contributed by atoms with E-state index in [0.29, 0.717) is 10.7 Å². The Morgan fingerprint density at radius 3 is 2.56 bits per heavy atom. The normalized spacial score (nSPS) is 10.8. The minimum Gasteiger partial charge on any atom is -0.340 e. The lowest BCUT2D eigenvalue weighted by atomic mass is 10.1. The number of nitro benzene ring substituents is 1. The van der Waals surface area contributed by atoms with Crippen molar-refractivity contribution >= 4 is 73.0 Å². The zero-order chi connectivity index (χ0) is 19.9. The summed E-state index contributed by atoms with van der Waals surface area (Å²) in [6.45, 7) is 1.23. The van der Waals surface area contributed by atoms with E-state index >= 15 is 0 Å². The summed E-state index contributed by atoms with van der Waals surface area (Å²) < 4.78 is 0.738. The second-order valence-corrected chi connectivity index (χ2v) is 7.37. The van der Waals surface area contributed by atoms with Crippen molar-refractivity contribution in [3.05, 3.63) is 70.8 Å². The number of fused-ring (bicyclic) bond motifs is 1. The van der Waals surface area contributed by atoms with Gasteiger partial charge in [-0.1, -0.05) is 39.1 Å². The number of rotatable bonds is 4. The number of halogens is 3. The minimum atomic E-state index is -0.669. The number of nitrogens with zero attached hydrogens (tertiary/aromatic N) is 1. The quantitative estimate of drug-likeness (QED) is 0.299. The molecule has 2 aromatic carbocycles. The predicted octanol–water partition coefficient (Wildman–Crippen LogP) is 5.45. The maximum absolute atomic E-state index is 12.8. The molecule has 0 bridgehead atoms. The largest absolute Gasteiger partial charge is 0.340 e. The number of ketones is 1. The van der Waals surface area contributed by atoms with E-state index in [4.69, 9.17) is 23.2 Å². The zero-order valence-electron chi connectivity index (χ0n) is 13.6. The maximum atomic E-state index is 12.8. The number of pyridine rings is 1. The predicted molar refractivity (Wildman–Crippen MR) is 109 cm³/mol. The van der Waals surface area contributed by atoms with Gasteiger partial charge in [-0.25, -0.2) is 0 Å². The van der Waals surface area contributed by atoms with Crippen LogP contribution in [-0.4, -0.2) is 15.7 Å². The number of carbonyl (C=O) groups is 1. The third kappa shape index (κ3) is 3.69. The first-order valence-electron chi connectivity index (χ1n) is 7.46. The van der Waals surface area contributed by atoms with E-state index in [1.54, 1.807) is 18.2 Å². The summed E-state index contributed by atoms with van der Waals surface area (Å²) in [5, 5.41) is 14.5. The molecular formula is C17H10BrCl2N3O4. The zero-order valence-corrected chi connectivity index (χ0v) is 16.7. The summed E-state index contributed by atoms with van der Waals surface area (Å²) in [6, 6.07) is 7.38. The number of carbonyl (C=O) groups excluding carboxylic acids is 1. The van der Waals surface area contributed by atoms with E-state index in [9.17, 15) is 19.7 Å². The van der Waals surface area contributed by atoms with Crippen molar-refractivity contribution in [2.24, 2.45) is 0 Å². The molecule has 0 aliphatic rings. The van der Waals surface area contributed by atoms with Gasteiger partial charge in [-0.3, -0.25) is 19.7 Å². The van der Waals surface area contributed by atoms with Crippen LogP contribution in [0, 0.1) is 10.1 Å². The third-order valence-corrected chi connectivity index (χ3v) is 4.82. The Bertz CT molecular complexity index is 1180. The van der Waals surface area contributed by atoms with Gasteiger partial charge in [-0.15, -0.1) is 0 Å². The highest BCUT2D eigenvalue weighted by molar-refractivity contribution is 9.10. The van der Waals surface area contributed by atoms with Crippen LogP contribution in [0.15, 0.2) is 39.6 Å². The van der Waals surface area contributed by atoms with Gasteiger partial charge in [0.05, 0.1) is 21.0 Å². The van der Waals surface area contributed by atoms with Gasteiger partial charge in [0, 0.05) is 15.6 Å². The van der Waals surface area contributed by atoms with Crippen molar-refractivity contribution in [3.63, 3.8) is 0 Å². The summed E-state index contributed by atoms with van der Waals surface area (Å²) in [4.78, 5) is 38.4. The molecule has 0 aliphatic carbocycles. The highest BCUT2D eigenvalue weighted by Crippen LogP contribution is 2.32. The third-order valence-electron chi connectivity index (χ3n) is 3.79. The SMILES string of the molecule is CC(=O)c1c(Nc2ccc(Br)cc2Cl)[nH]c2c([N+](=O)[O-])cc(Cl)cc2c1=O. The van der Waals surface area contributed by atoms with Crippen LogP contribution in [0.5, 0.6) is 0 Å². The number of hydrogen-bond acceptors (Lipinski definition) is 5. The summed E-state index contributed by atoms with van der Waals surface area (Å²) in [5.74, 6) is -0.508. The van der Waals surface area contributed by atoms with Crippen molar-refractivity contribution in [1.82, 2.24) is 4.98 Å². The van der Waals surface area contributed by atoms with Crippen LogP contribution in [0.4, 0.5) is 17.2 Å². The van der Waals surface area contributed by atoms with Gasteiger partial charge >= 0.3 is 0 Å². The minimum absolute atomic E-state index is 0.00893. The Morgan fingerprint density at radius 1 is 1.26 bits per heavy atom. The van der Waals surface area contributed by atoms with Crippen molar-refractivity contribution in [2.45, 2.75) is 6.92 Å². The number of H-pyrrole nitrogens is 1. The van der Waals surface area contributed by atoms with Crippen LogP contribution in [0.3, 0.4) is 0 Å². The number of Topliss-reactive ketones (excluding diaryl/α,β-unsaturated/α-hetero) is 1. The second kappa shape index (κ2) is 7.30. The molecular weight excluding hydrogens is 461 g/mol. The Labute approximate surface area is 170 Å². The molecule has 2 N–H and O–H groups in total. The molecule has 7 nitrogen and oxygen atoms in total. The number of anilines is 2. The molecule has 0 saturated carbocycles. The standard InChI is InChI=1S/C17H10BrCl2N3O4/c1-7(24)14-16(25)10-5-9(19)6-13(23(26)27)15(10)22-17(14)21-12-3-2-8(18)4-11(12)20/h2-6H,1H3,(H2,21,22,25). The van der Waals surface area contributed by atoms with Crippen LogP contribution in [0.25, 0.3) is 10.9 Å². The molecule has 27 heavy (non-hydrogen) atoms.